The number of carbonyl (C=O) groups is 1. The van der Waals surface area contributed by atoms with Crippen LogP contribution in [0.15, 0.2) is 9.30 Å². The van der Waals surface area contributed by atoms with E-state index in [0.29, 0.717) is 5.69 Å². The molecule has 0 aromatic carbocycles. The Morgan fingerprint density at radius 3 is 2.71 bits per heavy atom. The van der Waals surface area contributed by atoms with Gasteiger partial charge in [-0.05, 0) is 21.3 Å². The van der Waals surface area contributed by atoms with Crippen LogP contribution in [0.25, 0.3) is 0 Å². The molecule has 14 heavy (non-hydrogen) atoms. The van der Waals surface area contributed by atoms with Gasteiger partial charge in [0, 0.05) is 13.1 Å². The highest BCUT2D eigenvalue weighted by Gasteiger charge is 2.38. The monoisotopic (exact) mass is 274 g/mol. The predicted octanol–water partition coefficient (Wildman–Crippen LogP) is 2.39. The fraction of sp³-hybridized carbons (Fsp3) is 0.556. The van der Waals surface area contributed by atoms with E-state index in [1.807, 2.05) is 4.90 Å². The smallest absolute Gasteiger partial charge is 0.274 e. The van der Waals surface area contributed by atoms with Gasteiger partial charge in [-0.1, -0.05) is 13.8 Å². The zero-order valence-electron chi connectivity index (χ0n) is 8.08. The quantitative estimate of drug-likeness (QED) is 0.788. The highest BCUT2D eigenvalue weighted by molar-refractivity contribution is 9.11. The van der Waals surface area contributed by atoms with Gasteiger partial charge in [-0.2, -0.15) is 0 Å². The van der Waals surface area contributed by atoms with Crippen LogP contribution in [0.5, 0.6) is 0 Å². The van der Waals surface area contributed by atoms with Gasteiger partial charge in [-0.3, -0.25) is 4.79 Å². The molecular weight excluding hydrogens is 264 g/mol. The number of aromatic nitrogens is 1. The van der Waals surface area contributed by atoms with Gasteiger partial charge in [0.25, 0.3) is 5.91 Å². The van der Waals surface area contributed by atoms with Crippen LogP contribution in [0.1, 0.15) is 24.3 Å². The van der Waals surface area contributed by atoms with E-state index in [1.165, 1.54) is 11.3 Å². The van der Waals surface area contributed by atoms with Gasteiger partial charge in [0.05, 0.1) is 5.51 Å². The number of likely N-dealkylation sites (tertiary alicyclic amines) is 1. The summed E-state index contributed by atoms with van der Waals surface area (Å²) in [5.41, 5.74) is 2.51. The van der Waals surface area contributed by atoms with Crippen LogP contribution < -0.4 is 0 Å². The summed E-state index contributed by atoms with van der Waals surface area (Å²) in [4.78, 5) is 17.7. The number of hydrogen-bond acceptors (Lipinski definition) is 3. The molecule has 3 nitrogen and oxygen atoms in total. The molecule has 0 atom stereocenters. The highest BCUT2D eigenvalue weighted by atomic mass is 79.9. The van der Waals surface area contributed by atoms with E-state index in [9.17, 15) is 4.79 Å². The Kier molecular flexibility index (Phi) is 2.39. The Morgan fingerprint density at radius 1 is 1.64 bits per heavy atom. The molecule has 1 aromatic rings. The lowest BCUT2D eigenvalue weighted by Gasteiger charge is -2.45. The number of hydrogen-bond donors (Lipinski definition) is 0. The fourth-order valence-electron chi connectivity index (χ4n) is 1.65. The molecule has 0 unspecified atom stereocenters. The van der Waals surface area contributed by atoms with Crippen molar-refractivity contribution < 1.29 is 4.79 Å². The number of nitrogens with zero attached hydrogens (tertiary/aromatic N) is 2. The van der Waals surface area contributed by atoms with Gasteiger partial charge in [0.1, 0.15) is 3.79 Å². The molecule has 1 saturated heterocycles. The third-order valence-electron chi connectivity index (χ3n) is 2.25. The first kappa shape index (κ1) is 10.1. The maximum absolute atomic E-state index is 11.8. The van der Waals surface area contributed by atoms with Crippen LogP contribution in [0.3, 0.4) is 0 Å². The first-order valence-corrected chi connectivity index (χ1v) is 6.05. The Hall–Kier alpha value is -0.420. The first-order valence-electron chi connectivity index (χ1n) is 4.38. The summed E-state index contributed by atoms with van der Waals surface area (Å²) in [6.45, 7) is 5.98. The Bertz CT molecular complexity index is 367. The van der Waals surface area contributed by atoms with Crippen LogP contribution in [0, 0.1) is 5.41 Å². The number of carbonyl (C=O) groups excluding carboxylic acids is 1. The van der Waals surface area contributed by atoms with Crippen LogP contribution in [-0.2, 0) is 0 Å². The largest absolute Gasteiger partial charge is 0.336 e. The van der Waals surface area contributed by atoms with Crippen LogP contribution in [-0.4, -0.2) is 28.9 Å². The van der Waals surface area contributed by atoms with Crippen molar-refractivity contribution in [3.63, 3.8) is 0 Å². The minimum atomic E-state index is 0.0393. The highest BCUT2D eigenvalue weighted by Crippen LogP contribution is 2.31. The number of thiazole rings is 1. The van der Waals surface area contributed by atoms with Gasteiger partial charge < -0.3 is 4.90 Å². The molecule has 76 valence electrons. The number of halogens is 1. The fourth-order valence-corrected chi connectivity index (χ4v) is 2.68. The van der Waals surface area contributed by atoms with Crippen molar-refractivity contribution in [2.45, 2.75) is 13.8 Å². The second kappa shape index (κ2) is 3.31. The van der Waals surface area contributed by atoms with Crippen LogP contribution in [0.4, 0.5) is 0 Å². The molecule has 1 aliphatic heterocycles. The molecule has 5 heteroatoms. The molecule has 0 saturated carbocycles. The number of amides is 1. The SMILES string of the molecule is CC1(C)CN(C(=O)c2ncsc2Br)C1. The summed E-state index contributed by atoms with van der Waals surface area (Å²) in [5, 5.41) is 0. The van der Waals surface area contributed by atoms with E-state index in [0.717, 1.165) is 16.9 Å². The van der Waals surface area contributed by atoms with Gasteiger partial charge in [0.2, 0.25) is 0 Å². The topological polar surface area (TPSA) is 33.2 Å². The van der Waals surface area contributed by atoms with Gasteiger partial charge in [0.15, 0.2) is 5.69 Å². The Balaban J connectivity index is 2.08. The molecule has 0 N–H and O–H groups in total. The average molecular weight is 275 g/mol. The lowest BCUT2D eigenvalue weighted by molar-refractivity contribution is 0.0231. The zero-order valence-corrected chi connectivity index (χ0v) is 10.5. The van der Waals surface area contributed by atoms with E-state index in [-0.39, 0.29) is 11.3 Å². The summed E-state index contributed by atoms with van der Waals surface area (Å²) in [7, 11) is 0. The van der Waals surface area contributed by atoms with E-state index in [1.54, 1.807) is 5.51 Å². The van der Waals surface area contributed by atoms with Crippen molar-refractivity contribution in [2.75, 3.05) is 13.1 Å². The molecule has 0 radical (unpaired) electrons. The second-order valence-electron chi connectivity index (χ2n) is 4.30. The predicted molar refractivity (Wildman–Crippen MR) is 59.5 cm³/mol. The molecular formula is C9H11BrN2OS. The average Bonchev–Trinajstić information content (AvgIpc) is 2.45. The van der Waals surface area contributed by atoms with Crippen molar-refractivity contribution in [1.82, 2.24) is 9.88 Å². The molecule has 2 heterocycles. The van der Waals surface area contributed by atoms with Gasteiger partial charge in [-0.25, -0.2) is 4.98 Å². The van der Waals surface area contributed by atoms with Crippen molar-refractivity contribution in [3.8, 4) is 0 Å². The molecule has 0 spiro atoms. The van der Waals surface area contributed by atoms with E-state index in [4.69, 9.17) is 0 Å². The minimum absolute atomic E-state index is 0.0393. The lowest BCUT2D eigenvalue weighted by atomic mass is 9.84. The van der Waals surface area contributed by atoms with Crippen molar-refractivity contribution in [1.29, 1.82) is 0 Å². The Labute approximate surface area is 95.3 Å². The summed E-state index contributed by atoms with van der Waals surface area (Å²) in [6.07, 6.45) is 0. The third kappa shape index (κ3) is 1.70. The minimum Gasteiger partial charge on any atom is -0.336 e. The molecule has 1 amide bonds. The van der Waals surface area contributed by atoms with E-state index >= 15 is 0 Å². The molecule has 0 aliphatic carbocycles. The first-order chi connectivity index (χ1) is 6.49. The van der Waals surface area contributed by atoms with Gasteiger partial charge in [-0.15, -0.1) is 11.3 Å². The molecule has 0 bridgehead atoms. The van der Waals surface area contributed by atoms with Crippen molar-refractivity contribution in [2.24, 2.45) is 5.41 Å². The van der Waals surface area contributed by atoms with Gasteiger partial charge >= 0.3 is 0 Å². The maximum Gasteiger partial charge on any atom is 0.274 e. The molecule has 1 aromatic heterocycles. The molecule has 2 rings (SSSR count). The normalized spacial score (nSPS) is 19.2. The van der Waals surface area contributed by atoms with Crippen molar-refractivity contribution >= 4 is 33.2 Å². The van der Waals surface area contributed by atoms with Crippen LogP contribution >= 0.6 is 27.3 Å². The van der Waals surface area contributed by atoms with E-state index < -0.39 is 0 Å². The second-order valence-corrected chi connectivity index (χ2v) is 6.47. The maximum atomic E-state index is 11.8. The lowest BCUT2D eigenvalue weighted by Crippen LogP contribution is -2.55. The summed E-state index contributed by atoms with van der Waals surface area (Å²) in [5.74, 6) is 0.0393. The summed E-state index contributed by atoms with van der Waals surface area (Å²) >= 11 is 4.77. The third-order valence-corrected chi connectivity index (χ3v) is 3.80. The molecule has 1 aliphatic rings. The summed E-state index contributed by atoms with van der Waals surface area (Å²) < 4.78 is 0.826. The van der Waals surface area contributed by atoms with E-state index in [2.05, 4.69) is 34.8 Å². The number of rotatable bonds is 1. The van der Waals surface area contributed by atoms with Crippen LogP contribution in [0.2, 0.25) is 0 Å². The molecule has 1 fully saturated rings. The van der Waals surface area contributed by atoms with Crippen molar-refractivity contribution in [3.05, 3.63) is 15.0 Å². The Morgan fingerprint density at radius 2 is 2.29 bits per heavy atom. The standard InChI is InChI=1S/C9H11BrN2OS/c1-9(2)3-12(4-9)8(13)6-7(10)14-5-11-6/h5H,3-4H2,1-2H3. The summed E-state index contributed by atoms with van der Waals surface area (Å²) in [6, 6.07) is 0. The zero-order chi connectivity index (χ0) is 10.3.